The minimum atomic E-state index is -0.943. The second-order valence-corrected chi connectivity index (χ2v) is 6.69. The molecule has 0 spiro atoms. The van der Waals surface area contributed by atoms with E-state index in [-0.39, 0.29) is 41.9 Å². The first kappa shape index (κ1) is 27.9. The van der Waals surface area contributed by atoms with E-state index in [2.05, 4.69) is 11.7 Å². The molecule has 0 radical (unpaired) electrons. The summed E-state index contributed by atoms with van der Waals surface area (Å²) in [4.78, 5) is 22.7. The van der Waals surface area contributed by atoms with Gasteiger partial charge < -0.3 is 9.84 Å². The molecule has 0 N–H and O–H groups in total. The van der Waals surface area contributed by atoms with Crippen molar-refractivity contribution in [1.29, 1.82) is 0 Å². The minimum absolute atomic E-state index is 0. The number of carbonyl (C=O) groups excluding carboxylic acids is 2. The predicted molar refractivity (Wildman–Crippen MR) is 100 cm³/mol. The van der Waals surface area contributed by atoms with Gasteiger partial charge in [0.1, 0.15) is 0 Å². The van der Waals surface area contributed by atoms with Crippen LogP contribution in [0.25, 0.3) is 0 Å². The SMILES string of the molecule is CCCCCCCCCCCCCCCC(=O)/C=C(/[O-])C(=O)OCC.[Na+]. The Hall–Kier alpha value is -0.320. The number of rotatable bonds is 17. The Morgan fingerprint density at radius 1 is 0.769 bits per heavy atom. The summed E-state index contributed by atoms with van der Waals surface area (Å²) in [6.45, 7) is 4.02. The van der Waals surface area contributed by atoms with Crippen LogP contribution in [0.2, 0.25) is 0 Å². The number of esters is 1. The molecule has 146 valence electrons. The number of ketones is 1. The molecule has 5 heteroatoms. The van der Waals surface area contributed by atoms with E-state index >= 15 is 0 Å². The van der Waals surface area contributed by atoms with Crippen LogP contribution in [0.5, 0.6) is 0 Å². The van der Waals surface area contributed by atoms with Crippen molar-refractivity contribution in [3.05, 3.63) is 11.8 Å². The van der Waals surface area contributed by atoms with E-state index in [9.17, 15) is 14.7 Å². The van der Waals surface area contributed by atoms with Crippen molar-refractivity contribution in [3.63, 3.8) is 0 Å². The average molecular weight is 377 g/mol. The molecule has 26 heavy (non-hydrogen) atoms. The molecule has 0 aromatic carbocycles. The Morgan fingerprint density at radius 2 is 1.19 bits per heavy atom. The Kier molecular flexibility index (Phi) is 22.5. The van der Waals surface area contributed by atoms with Crippen LogP contribution >= 0.6 is 0 Å². The molecule has 0 saturated carbocycles. The number of ether oxygens (including phenoxy) is 1. The first-order valence-corrected chi connectivity index (χ1v) is 10.2. The van der Waals surface area contributed by atoms with Gasteiger partial charge in [-0.3, -0.25) is 4.79 Å². The van der Waals surface area contributed by atoms with Gasteiger partial charge in [-0.25, -0.2) is 4.79 Å². The summed E-state index contributed by atoms with van der Waals surface area (Å²) in [5.74, 6) is -2.07. The van der Waals surface area contributed by atoms with Gasteiger partial charge in [0.15, 0.2) is 5.78 Å². The van der Waals surface area contributed by atoms with E-state index in [1.807, 2.05) is 0 Å². The van der Waals surface area contributed by atoms with Crippen LogP contribution in [0.1, 0.15) is 104 Å². The second kappa shape index (κ2) is 21.0. The fraction of sp³-hybridized carbons (Fsp3) is 0.810. The van der Waals surface area contributed by atoms with Gasteiger partial charge >= 0.3 is 35.5 Å². The molecule has 0 amide bonds. The van der Waals surface area contributed by atoms with Gasteiger partial charge in [0.2, 0.25) is 0 Å². The van der Waals surface area contributed by atoms with Gasteiger partial charge in [-0.1, -0.05) is 84.0 Å². The van der Waals surface area contributed by atoms with Crippen molar-refractivity contribution in [2.75, 3.05) is 6.61 Å². The standard InChI is InChI=1S/C21H38O4.Na/c1-3-5-6-7-8-9-10-11-12-13-14-15-16-17-19(22)18-20(23)21(24)25-4-2;/h18,23H,3-17H2,1-2H3;/q;+1/p-1/b20-18+;. The normalized spacial score (nSPS) is 11.1. The molecule has 0 fully saturated rings. The fourth-order valence-corrected chi connectivity index (χ4v) is 2.80. The van der Waals surface area contributed by atoms with Gasteiger partial charge in [-0.15, -0.1) is 0 Å². The number of hydrogen-bond donors (Lipinski definition) is 0. The monoisotopic (exact) mass is 376 g/mol. The van der Waals surface area contributed by atoms with Crippen molar-refractivity contribution < 1.29 is 49.0 Å². The van der Waals surface area contributed by atoms with E-state index < -0.39 is 11.7 Å². The molecular weight excluding hydrogens is 339 g/mol. The molecule has 0 aromatic rings. The summed E-state index contributed by atoms with van der Waals surface area (Å²) in [5.41, 5.74) is 0. The summed E-state index contributed by atoms with van der Waals surface area (Å²) < 4.78 is 4.55. The molecule has 0 unspecified atom stereocenters. The molecule has 0 aliphatic rings. The van der Waals surface area contributed by atoms with E-state index in [4.69, 9.17) is 0 Å². The third kappa shape index (κ3) is 18.5. The van der Waals surface area contributed by atoms with Crippen LogP contribution in [-0.2, 0) is 14.3 Å². The minimum Gasteiger partial charge on any atom is -0.868 e. The summed E-state index contributed by atoms with van der Waals surface area (Å²) in [7, 11) is 0. The zero-order chi connectivity index (χ0) is 18.8. The Morgan fingerprint density at radius 3 is 1.62 bits per heavy atom. The fourth-order valence-electron chi connectivity index (χ4n) is 2.80. The third-order valence-electron chi connectivity index (χ3n) is 4.30. The van der Waals surface area contributed by atoms with Crippen LogP contribution in [0, 0.1) is 0 Å². The first-order valence-electron chi connectivity index (χ1n) is 10.2. The molecule has 0 aromatic heterocycles. The van der Waals surface area contributed by atoms with Gasteiger partial charge in [-0.2, -0.15) is 0 Å². The van der Waals surface area contributed by atoms with Crippen molar-refractivity contribution in [1.82, 2.24) is 0 Å². The molecule has 0 heterocycles. The van der Waals surface area contributed by atoms with Gasteiger partial charge in [0.25, 0.3) is 0 Å². The molecule has 4 nitrogen and oxygen atoms in total. The van der Waals surface area contributed by atoms with Crippen molar-refractivity contribution in [3.8, 4) is 0 Å². The van der Waals surface area contributed by atoms with Crippen molar-refractivity contribution >= 4 is 11.8 Å². The molecule has 0 rings (SSSR count). The van der Waals surface area contributed by atoms with E-state index in [0.717, 1.165) is 25.3 Å². The van der Waals surface area contributed by atoms with Crippen molar-refractivity contribution in [2.45, 2.75) is 104 Å². The molecule has 0 atom stereocenters. The summed E-state index contributed by atoms with van der Waals surface area (Å²) in [6.07, 6.45) is 17.5. The summed E-state index contributed by atoms with van der Waals surface area (Å²) in [6, 6.07) is 0. The van der Waals surface area contributed by atoms with E-state index in [1.54, 1.807) is 6.92 Å². The number of carbonyl (C=O) groups is 2. The van der Waals surface area contributed by atoms with E-state index in [0.29, 0.717) is 6.42 Å². The maximum Gasteiger partial charge on any atom is 1.00 e. The Bertz CT molecular complexity index is 380. The van der Waals surface area contributed by atoms with Gasteiger partial charge in [0.05, 0.1) is 6.61 Å². The third-order valence-corrected chi connectivity index (χ3v) is 4.30. The maximum atomic E-state index is 11.6. The van der Waals surface area contributed by atoms with E-state index in [1.165, 1.54) is 64.2 Å². The topological polar surface area (TPSA) is 66.4 Å². The largest absolute Gasteiger partial charge is 1.00 e. The van der Waals surface area contributed by atoms with Crippen LogP contribution < -0.4 is 34.7 Å². The number of hydrogen-bond acceptors (Lipinski definition) is 4. The first-order chi connectivity index (χ1) is 12.1. The zero-order valence-corrected chi connectivity index (χ0v) is 19.3. The van der Waals surface area contributed by atoms with Crippen LogP contribution in [0.4, 0.5) is 0 Å². The van der Waals surface area contributed by atoms with Crippen LogP contribution in [0.15, 0.2) is 11.8 Å². The summed E-state index contributed by atoms with van der Waals surface area (Å²) in [5, 5.41) is 11.3. The van der Waals surface area contributed by atoms with Crippen LogP contribution in [-0.4, -0.2) is 18.4 Å². The number of allylic oxidation sites excluding steroid dienone is 1. The number of unbranched alkanes of at least 4 members (excludes halogenated alkanes) is 12. The molecule has 0 aliphatic heterocycles. The maximum absolute atomic E-state index is 11.6. The van der Waals surface area contributed by atoms with Gasteiger partial charge in [-0.05, 0) is 25.2 Å². The Balaban J connectivity index is 0. The molecule has 0 bridgehead atoms. The van der Waals surface area contributed by atoms with Crippen LogP contribution in [0.3, 0.4) is 0 Å². The smallest absolute Gasteiger partial charge is 0.868 e. The summed E-state index contributed by atoms with van der Waals surface area (Å²) >= 11 is 0. The van der Waals surface area contributed by atoms with Crippen molar-refractivity contribution in [2.24, 2.45) is 0 Å². The zero-order valence-electron chi connectivity index (χ0n) is 17.3. The second-order valence-electron chi connectivity index (χ2n) is 6.69. The molecule has 0 saturated heterocycles. The quantitative estimate of drug-likeness (QED) is 0.128. The molecule has 0 aliphatic carbocycles. The van der Waals surface area contributed by atoms with Gasteiger partial charge in [0, 0.05) is 6.42 Å². The average Bonchev–Trinajstić information content (AvgIpc) is 2.59. The predicted octanol–water partition coefficient (Wildman–Crippen LogP) is 1.85. The Labute approximate surface area is 182 Å². The molecular formula is C21H37NaO4.